The summed E-state index contributed by atoms with van der Waals surface area (Å²) in [4.78, 5) is 21.8. The molecule has 0 saturated carbocycles. The smallest absolute Gasteiger partial charge is 0.308 e. The number of carbonyl (C=O) groups is 1. The standard InChI is InChI=1S/C8H11FN2O3/c1-5-6(4-7(12)13)8(14)11(10-5)3-2-9/h10H,2-4H2,1H3,(H,12,13). The molecule has 0 aromatic carbocycles. The van der Waals surface area contributed by atoms with Gasteiger partial charge in [0.2, 0.25) is 0 Å². The third-order valence-electron chi connectivity index (χ3n) is 1.89. The number of hydrogen-bond donors (Lipinski definition) is 2. The Morgan fingerprint density at radius 3 is 2.79 bits per heavy atom. The van der Waals surface area contributed by atoms with Crippen molar-refractivity contribution in [3.63, 3.8) is 0 Å². The van der Waals surface area contributed by atoms with E-state index in [9.17, 15) is 14.0 Å². The van der Waals surface area contributed by atoms with Crippen LogP contribution in [0, 0.1) is 6.92 Å². The molecule has 0 atom stereocenters. The van der Waals surface area contributed by atoms with E-state index in [-0.39, 0.29) is 18.5 Å². The van der Waals surface area contributed by atoms with Crippen LogP contribution in [0.25, 0.3) is 0 Å². The molecule has 2 N–H and O–H groups in total. The molecule has 0 saturated heterocycles. The maximum Gasteiger partial charge on any atom is 0.308 e. The van der Waals surface area contributed by atoms with Crippen molar-refractivity contribution in [2.24, 2.45) is 0 Å². The van der Waals surface area contributed by atoms with Crippen molar-refractivity contribution in [1.29, 1.82) is 0 Å². The summed E-state index contributed by atoms with van der Waals surface area (Å²) < 4.78 is 13.0. The Hall–Kier alpha value is -1.59. The summed E-state index contributed by atoms with van der Waals surface area (Å²) >= 11 is 0. The minimum Gasteiger partial charge on any atom is -0.481 e. The number of halogens is 1. The molecule has 0 aliphatic heterocycles. The zero-order valence-electron chi connectivity index (χ0n) is 7.71. The van der Waals surface area contributed by atoms with E-state index in [1.54, 1.807) is 6.92 Å². The zero-order valence-corrected chi connectivity index (χ0v) is 7.71. The number of carboxylic acids is 1. The first kappa shape index (κ1) is 10.5. The maximum atomic E-state index is 12.0. The molecule has 0 fully saturated rings. The van der Waals surface area contributed by atoms with E-state index in [1.807, 2.05) is 0 Å². The number of nitrogens with zero attached hydrogens (tertiary/aromatic N) is 1. The van der Waals surface area contributed by atoms with E-state index in [1.165, 1.54) is 0 Å². The highest BCUT2D eigenvalue weighted by atomic mass is 19.1. The number of hydrogen-bond acceptors (Lipinski definition) is 2. The molecule has 0 spiro atoms. The first-order chi connectivity index (χ1) is 6.56. The first-order valence-electron chi connectivity index (χ1n) is 4.12. The van der Waals surface area contributed by atoms with Crippen LogP contribution >= 0.6 is 0 Å². The molecule has 0 aliphatic rings. The van der Waals surface area contributed by atoms with Crippen LogP contribution in [0.4, 0.5) is 4.39 Å². The lowest BCUT2D eigenvalue weighted by Gasteiger charge is -1.93. The van der Waals surface area contributed by atoms with E-state index in [0.717, 1.165) is 4.68 Å². The van der Waals surface area contributed by atoms with E-state index >= 15 is 0 Å². The number of rotatable bonds is 4. The molecular formula is C8H11FN2O3. The summed E-state index contributed by atoms with van der Waals surface area (Å²) in [5.41, 5.74) is 0.208. The molecule has 5 nitrogen and oxygen atoms in total. The predicted octanol–water partition coefficient (Wildman–Crippen LogP) is 0.0814. The van der Waals surface area contributed by atoms with Crippen molar-refractivity contribution < 1.29 is 14.3 Å². The fraction of sp³-hybridized carbons (Fsp3) is 0.500. The number of aliphatic carboxylic acids is 1. The van der Waals surface area contributed by atoms with Gasteiger partial charge in [-0.1, -0.05) is 0 Å². The molecule has 0 aliphatic carbocycles. The number of aromatic nitrogens is 2. The van der Waals surface area contributed by atoms with E-state index in [4.69, 9.17) is 5.11 Å². The highest BCUT2D eigenvalue weighted by Crippen LogP contribution is 2.00. The van der Waals surface area contributed by atoms with Gasteiger partial charge in [0.25, 0.3) is 5.56 Å². The molecule has 6 heteroatoms. The number of alkyl halides is 1. The van der Waals surface area contributed by atoms with Crippen LogP contribution in [0.3, 0.4) is 0 Å². The summed E-state index contributed by atoms with van der Waals surface area (Å²) in [7, 11) is 0. The number of carboxylic acid groups (broad SMARTS) is 1. The fourth-order valence-corrected chi connectivity index (χ4v) is 1.25. The lowest BCUT2D eigenvalue weighted by atomic mass is 10.2. The topological polar surface area (TPSA) is 75.1 Å². The minimum absolute atomic E-state index is 0.0701. The second kappa shape index (κ2) is 4.08. The van der Waals surface area contributed by atoms with Gasteiger partial charge < -0.3 is 5.11 Å². The van der Waals surface area contributed by atoms with Crippen LogP contribution in [0.1, 0.15) is 11.3 Å². The monoisotopic (exact) mass is 202 g/mol. The predicted molar refractivity (Wildman–Crippen MR) is 47.1 cm³/mol. The van der Waals surface area contributed by atoms with Crippen LogP contribution in [-0.2, 0) is 17.8 Å². The quantitative estimate of drug-likeness (QED) is 0.726. The van der Waals surface area contributed by atoms with Gasteiger partial charge in [0.1, 0.15) is 6.67 Å². The van der Waals surface area contributed by atoms with Crippen LogP contribution in [-0.4, -0.2) is 27.5 Å². The van der Waals surface area contributed by atoms with Gasteiger partial charge >= 0.3 is 5.97 Å². The molecule has 0 amide bonds. The van der Waals surface area contributed by atoms with Crippen LogP contribution < -0.4 is 5.56 Å². The summed E-state index contributed by atoms with van der Waals surface area (Å²) in [5.74, 6) is -1.07. The molecule has 1 aromatic rings. The molecule has 1 rings (SSSR count). The SMILES string of the molecule is Cc1[nH]n(CCF)c(=O)c1CC(=O)O. The Bertz CT molecular complexity index is 394. The molecule has 78 valence electrons. The van der Waals surface area contributed by atoms with Crippen LogP contribution in [0.15, 0.2) is 4.79 Å². The number of nitrogens with one attached hydrogen (secondary N) is 1. The summed E-state index contributed by atoms with van der Waals surface area (Å²) in [5, 5.41) is 11.1. The summed E-state index contributed by atoms with van der Waals surface area (Å²) in [6, 6.07) is 0. The molecular weight excluding hydrogens is 191 g/mol. The van der Waals surface area contributed by atoms with Crippen LogP contribution in [0.5, 0.6) is 0 Å². The average molecular weight is 202 g/mol. The van der Waals surface area contributed by atoms with Crippen molar-refractivity contribution in [3.8, 4) is 0 Å². The van der Waals surface area contributed by atoms with Crippen molar-refractivity contribution in [2.45, 2.75) is 19.9 Å². The molecule has 0 bridgehead atoms. The Morgan fingerprint density at radius 1 is 1.64 bits per heavy atom. The average Bonchev–Trinajstić information content (AvgIpc) is 2.33. The molecule has 0 unspecified atom stereocenters. The third-order valence-corrected chi connectivity index (χ3v) is 1.89. The molecule has 14 heavy (non-hydrogen) atoms. The van der Waals surface area contributed by atoms with Crippen molar-refractivity contribution >= 4 is 5.97 Å². The van der Waals surface area contributed by atoms with Gasteiger partial charge in [0.05, 0.1) is 18.5 Å². The number of aromatic amines is 1. The molecule has 1 heterocycles. The summed E-state index contributed by atoms with van der Waals surface area (Å²) in [6.45, 7) is 0.861. The highest BCUT2D eigenvalue weighted by molar-refractivity contribution is 5.70. The van der Waals surface area contributed by atoms with Gasteiger partial charge in [-0.15, -0.1) is 0 Å². The van der Waals surface area contributed by atoms with E-state index in [0.29, 0.717) is 5.69 Å². The van der Waals surface area contributed by atoms with E-state index in [2.05, 4.69) is 5.10 Å². The van der Waals surface area contributed by atoms with Crippen molar-refractivity contribution in [1.82, 2.24) is 9.78 Å². The Kier molecular flexibility index (Phi) is 3.06. The zero-order chi connectivity index (χ0) is 10.7. The Labute approximate surface area is 79.1 Å². The minimum atomic E-state index is -1.07. The van der Waals surface area contributed by atoms with Crippen molar-refractivity contribution in [2.75, 3.05) is 6.67 Å². The first-order valence-corrected chi connectivity index (χ1v) is 4.12. The maximum absolute atomic E-state index is 12.0. The van der Waals surface area contributed by atoms with Gasteiger partial charge in [0.15, 0.2) is 0 Å². The van der Waals surface area contributed by atoms with Crippen molar-refractivity contribution in [3.05, 3.63) is 21.6 Å². The lowest BCUT2D eigenvalue weighted by Crippen LogP contribution is -2.21. The van der Waals surface area contributed by atoms with Crippen LogP contribution in [0.2, 0.25) is 0 Å². The molecule has 1 aromatic heterocycles. The normalized spacial score (nSPS) is 10.4. The van der Waals surface area contributed by atoms with E-state index < -0.39 is 18.2 Å². The number of aryl methyl sites for hydroxylation is 2. The Morgan fingerprint density at radius 2 is 2.29 bits per heavy atom. The second-order valence-corrected chi connectivity index (χ2v) is 2.93. The van der Waals surface area contributed by atoms with Gasteiger partial charge in [-0.25, -0.2) is 4.39 Å². The number of H-pyrrole nitrogens is 1. The van der Waals surface area contributed by atoms with Gasteiger partial charge in [-0.3, -0.25) is 19.4 Å². The molecule has 0 radical (unpaired) electrons. The fourth-order valence-electron chi connectivity index (χ4n) is 1.25. The lowest BCUT2D eigenvalue weighted by molar-refractivity contribution is -0.136. The van der Waals surface area contributed by atoms with Gasteiger partial charge in [0, 0.05) is 5.69 Å². The summed E-state index contributed by atoms with van der Waals surface area (Å²) in [6.07, 6.45) is -0.333. The second-order valence-electron chi connectivity index (χ2n) is 2.93. The Balaban J connectivity index is 3.05. The highest BCUT2D eigenvalue weighted by Gasteiger charge is 2.13. The largest absolute Gasteiger partial charge is 0.481 e. The van der Waals surface area contributed by atoms with Gasteiger partial charge in [-0.2, -0.15) is 0 Å². The third kappa shape index (κ3) is 2.01. The van der Waals surface area contributed by atoms with Gasteiger partial charge in [-0.05, 0) is 6.92 Å².